The second kappa shape index (κ2) is 9.11. The molecule has 0 saturated heterocycles. The highest BCUT2D eigenvalue weighted by Crippen LogP contribution is 2.29. The van der Waals surface area contributed by atoms with E-state index in [-0.39, 0.29) is 10.7 Å². The van der Waals surface area contributed by atoms with Crippen LogP contribution in [0.3, 0.4) is 0 Å². The van der Waals surface area contributed by atoms with E-state index in [1.54, 1.807) is 18.2 Å². The SMILES string of the molecule is COc1cccc(OC)c1C(=O)NC(=S)Nc1nc(-c2ccc3ccccc3c2)cs1. The Kier molecular flexibility index (Phi) is 6.11. The summed E-state index contributed by atoms with van der Waals surface area (Å²) in [4.78, 5) is 17.3. The fraction of sp³-hybridized carbons (Fsp3) is 0.0870. The highest BCUT2D eigenvalue weighted by molar-refractivity contribution is 7.80. The van der Waals surface area contributed by atoms with Crippen molar-refractivity contribution in [3.05, 3.63) is 71.6 Å². The number of benzene rings is 3. The Labute approximate surface area is 188 Å². The van der Waals surface area contributed by atoms with E-state index in [9.17, 15) is 4.79 Å². The van der Waals surface area contributed by atoms with Gasteiger partial charge in [-0.15, -0.1) is 11.3 Å². The zero-order chi connectivity index (χ0) is 21.8. The molecule has 4 aromatic rings. The molecule has 8 heteroatoms. The van der Waals surface area contributed by atoms with E-state index < -0.39 is 5.91 Å². The first-order valence-electron chi connectivity index (χ1n) is 9.37. The number of hydrogen-bond donors (Lipinski definition) is 2. The predicted octanol–water partition coefficient (Wildman–Crippen LogP) is 5.11. The second-order valence-corrected chi connectivity index (χ2v) is 7.81. The van der Waals surface area contributed by atoms with Crippen molar-refractivity contribution < 1.29 is 14.3 Å². The molecule has 6 nitrogen and oxygen atoms in total. The fourth-order valence-electron chi connectivity index (χ4n) is 3.18. The van der Waals surface area contributed by atoms with Gasteiger partial charge in [0.25, 0.3) is 5.91 Å². The largest absolute Gasteiger partial charge is 0.496 e. The Balaban J connectivity index is 1.47. The summed E-state index contributed by atoms with van der Waals surface area (Å²) >= 11 is 6.71. The summed E-state index contributed by atoms with van der Waals surface area (Å²) in [6.45, 7) is 0. The summed E-state index contributed by atoms with van der Waals surface area (Å²) < 4.78 is 10.6. The van der Waals surface area contributed by atoms with Gasteiger partial charge in [0.1, 0.15) is 17.1 Å². The van der Waals surface area contributed by atoms with Gasteiger partial charge in [0.15, 0.2) is 10.2 Å². The first kappa shape index (κ1) is 20.8. The zero-order valence-electron chi connectivity index (χ0n) is 16.8. The van der Waals surface area contributed by atoms with Gasteiger partial charge >= 0.3 is 0 Å². The Morgan fingerprint density at radius 3 is 2.39 bits per heavy atom. The fourth-order valence-corrected chi connectivity index (χ4v) is 4.16. The highest BCUT2D eigenvalue weighted by atomic mass is 32.1. The molecule has 0 atom stereocenters. The molecule has 0 bridgehead atoms. The maximum Gasteiger partial charge on any atom is 0.264 e. The first-order chi connectivity index (χ1) is 15.1. The van der Waals surface area contributed by atoms with Crippen LogP contribution in [-0.2, 0) is 0 Å². The minimum atomic E-state index is -0.432. The number of thiazole rings is 1. The molecule has 1 heterocycles. The molecule has 0 unspecified atom stereocenters. The molecule has 2 N–H and O–H groups in total. The van der Waals surface area contributed by atoms with Gasteiger partial charge in [0.2, 0.25) is 0 Å². The van der Waals surface area contributed by atoms with E-state index in [1.807, 2.05) is 23.6 Å². The van der Waals surface area contributed by atoms with Crippen LogP contribution in [0, 0.1) is 0 Å². The third-order valence-electron chi connectivity index (χ3n) is 4.65. The summed E-state index contributed by atoms with van der Waals surface area (Å²) in [7, 11) is 2.98. The van der Waals surface area contributed by atoms with Crippen molar-refractivity contribution in [1.29, 1.82) is 0 Å². The van der Waals surface area contributed by atoms with E-state index in [0.29, 0.717) is 16.6 Å². The summed E-state index contributed by atoms with van der Waals surface area (Å²) in [6.07, 6.45) is 0. The number of aromatic nitrogens is 1. The number of carbonyl (C=O) groups excluding carboxylic acids is 1. The monoisotopic (exact) mass is 449 g/mol. The number of ether oxygens (including phenoxy) is 2. The average molecular weight is 450 g/mol. The second-order valence-electron chi connectivity index (χ2n) is 6.55. The van der Waals surface area contributed by atoms with Gasteiger partial charge < -0.3 is 14.8 Å². The Bertz CT molecular complexity index is 1250. The number of rotatable bonds is 5. The molecule has 4 rings (SSSR count). The minimum Gasteiger partial charge on any atom is -0.496 e. The molecule has 3 aromatic carbocycles. The van der Waals surface area contributed by atoms with Gasteiger partial charge in [-0.3, -0.25) is 10.1 Å². The minimum absolute atomic E-state index is 0.136. The number of thiocarbonyl (C=S) groups is 1. The van der Waals surface area contributed by atoms with E-state index in [1.165, 1.54) is 30.9 Å². The molecule has 1 aromatic heterocycles. The van der Waals surface area contributed by atoms with Crippen molar-refractivity contribution in [2.45, 2.75) is 0 Å². The normalized spacial score (nSPS) is 10.5. The van der Waals surface area contributed by atoms with Crippen LogP contribution in [0.1, 0.15) is 10.4 Å². The molecule has 0 fully saturated rings. The topological polar surface area (TPSA) is 72.5 Å². The van der Waals surface area contributed by atoms with E-state index >= 15 is 0 Å². The van der Waals surface area contributed by atoms with Crippen LogP contribution >= 0.6 is 23.6 Å². The number of fused-ring (bicyclic) bond motifs is 1. The molecular weight excluding hydrogens is 430 g/mol. The van der Waals surface area contributed by atoms with Gasteiger partial charge in [-0.2, -0.15) is 0 Å². The number of hydrogen-bond acceptors (Lipinski definition) is 6. The summed E-state index contributed by atoms with van der Waals surface area (Å²) in [5.41, 5.74) is 2.11. The van der Waals surface area contributed by atoms with Crippen molar-refractivity contribution in [3.63, 3.8) is 0 Å². The van der Waals surface area contributed by atoms with Gasteiger partial charge in [-0.1, -0.05) is 42.5 Å². The number of nitrogens with one attached hydrogen (secondary N) is 2. The van der Waals surface area contributed by atoms with Crippen molar-refractivity contribution >= 4 is 50.5 Å². The third kappa shape index (κ3) is 4.50. The van der Waals surface area contributed by atoms with Crippen LogP contribution in [0.15, 0.2) is 66.0 Å². The molecule has 1 amide bonds. The molecule has 31 heavy (non-hydrogen) atoms. The number of carbonyl (C=O) groups is 1. The van der Waals surface area contributed by atoms with Crippen molar-refractivity contribution in [3.8, 4) is 22.8 Å². The summed E-state index contributed by atoms with van der Waals surface area (Å²) in [5, 5.41) is 10.6. The standard InChI is InChI=1S/C23H19N3O3S2/c1-28-18-8-5-9-19(29-2)20(18)21(27)25-22(30)26-23-24-17(13-31-23)16-11-10-14-6-3-4-7-15(14)12-16/h3-13H,1-2H3,(H2,24,25,26,27,30). The van der Waals surface area contributed by atoms with Crippen molar-refractivity contribution in [1.82, 2.24) is 10.3 Å². The summed E-state index contributed by atoms with van der Waals surface area (Å²) in [6, 6.07) is 19.5. The maximum absolute atomic E-state index is 12.7. The van der Waals surface area contributed by atoms with Gasteiger partial charge in [-0.25, -0.2) is 4.98 Å². The average Bonchev–Trinajstić information content (AvgIpc) is 3.26. The van der Waals surface area contributed by atoms with E-state index in [0.717, 1.165) is 16.6 Å². The molecule has 0 spiro atoms. The number of anilines is 1. The Morgan fingerprint density at radius 1 is 0.968 bits per heavy atom. The van der Waals surface area contributed by atoms with Gasteiger partial charge in [-0.05, 0) is 41.2 Å². The molecule has 156 valence electrons. The van der Waals surface area contributed by atoms with Crippen LogP contribution in [0.5, 0.6) is 11.5 Å². The van der Waals surface area contributed by atoms with Gasteiger partial charge in [0.05, 0.1) is 19.9 Å². The number of amides is 1. The lowest BCUT2D eigenvalue weighted by molar-refractivity contribution is 0.0971. The lowest BCUT2D eigenvalue weighted by atomic mass is 10.1. The van der Waals surface area contributed by atoms with Crippen LogP contribution in [0.2, 0.25) is 0 Å². The lowest BCUT2D eigenvalue weighted by Crippen LogP contribution is -2.34. The summed E-state index contributed by atoms with van der Waals surface area (Å²) in [5.74, 6) is 0.359. The quantitative estimate of drug-likeness (QED) is 0.413. The van der Waals surface area contributed by atoms with E-state index in [2.05, 4.69) is 39.9 Å². The molecule has 0 aliphatic heterocycles. The van der Waals surface area contributed by atoms with Crippen LogP contribution in [-0.4, -0.2) is 30.2 Å². The Hall–Kier alpha value is -3.49. The molecule has 0 radical (unpaired) electrons. The molecular formula is C23H19N3O3S2. The smallest absolute Gasteiger partial charge is 0.264 e. The van der Waals surface area contributed by atoms with Gasteiger partial charge in [0, 0.05) is 10.9 Å². The molecule has 0 saturated carbocycles. The maximum atomic E-state index is 12.7. The number of nitrogens with zero attached hydrogens (tertiary/aromatic N) is 1. The Morgan fingerprint density at radius 2 is 1.68 bits per heavy atom. The van der Waals surface area contributed by atoms with Crippen molar-refractivity contribution in [2.75, 3.05) is 19.5 Å². The first-order valence-corrected chi connectivity index (χ1v) is 10.7. The highest BCUT2D eigenvalue weighted by Gasteiger charge is 2.19. The predicted molar refractivity (Wildman–Crippen MR) is 128 cm³/mol. The van der Waals surface area contributed by atoms with Crippen LogP contribution in [0.4, 0.5) is 5.13 Å². The molecule has 0 aliphatic carbocycles. The van der Waals surface area contributed by atoms with Crippen LogP contribution in [0.25, 0.3) is 22.0 Å². The van der Waals surface area contributed by atoms with Crippen molar-refractivity contribution in [2.24, 2.45) is 0 Å². The third-order valence-corrected chi connectivity index (χ3v) is 5.61. The van der Waals surface area contributed by atoms with Crippen LogP contribution < -0.4 is 20.1 Å². The molecule has 0 aliphatic rings. The zero-order valence-corrected chi connectivity index (χ0v) is 18.5. The lowest BCUT2D eigenvalue weighted by Gasteiger charge is -2.13. The van der Waals surface area contributed by atoms with E-state index in [4.69, 9.17) is 21.7 Å². The number of methoxy groups -OCH3 is 2.